The Morgan fingerprint density at radius 3 is 2.79 bits per heavy atom. The van der Waals surface area contributed by atoms with Gasteiger partial charge >= 0.3 is 7.82 Å². The largest absolute Gasteiger partial charge is 0.470 e. The number of carbonyl (C=O) groups is 1. The van der Waals surface area contributed by atoms with Gasteiger partial charge < -0.3 is 9.79 Å². The molecule has 0 aliphatic rings. The van der Waals surface area contributed by atoms with E-state index in [1.54, 1.807) is 6.20 Å². The summed E-state index contributed by atoms with van der Waals surface area (Å²) in [7, 11) is -4.60. The number of para-hydroxylation sites is 1. The number of rotatable bonds is 5. The molecular formula is C12H12NO5P. The molecule has 100 valence electrons. The third-order valence-electron chi connectivity index (χ3n) is 2.44. The van der Waals surface area contributed by atoms with Crippen LogP contribution in [0.2, 0.25) is 0 Å². The summed E-state index contributed by atoms with van der Waals surface area (Å²) in [4.78, 5) is 32.7. The van der Waals surface area contributed by atoms with Gasteiger partial charge in [-0.2, -0.15) is 0 Å². The van der Waals surface area contributed by atoms with Crippen LogP contribution < -0.4 is 0 Å². The van der Waals surface area contributed by atoms with Gasteiger partial charge in [0.25, 0.3) is 0 Å². The lowest BCUT2D eigenvalue weighted by Gasteiger charge is -2.05. The highest BCUT2D eigenvalue weighted by Gasteiger charge is 2.16. The first-order valence-electron chi connectivity index (χ1n) is 5.49. The third-order valence-corrected chi connectivity index (χ3v) is 2.91. The minimum atomic E-state index is -4.60. The van der Waals surface area contributed by atoms with Gasteiger partial charge in [0.1, 0.15) is 6.61 Å². The standard InChI is InChI=1S/C12H12NO5P/c14-11(8-18-19(15,16)17)6-9-5-10-3-1-2-4-12(10)13-7-9/h1-5,7H,6,8H2,(H2,15,16,17). The van der Waals surface area contributed by atoms with Crippen molar-refractivity contribution in [3.8, 4) is 0 Å². The number of ketones is 1. The van der Waals surface area contributed by atoms with E-state index in [1.807, 2.05) is 30.3 Å². The van der Waals surface area contributed by atoms with E-state index in [1.165, 1.54) is 0 Å². The van der Waals surface area contributed by atoms with E-state index in [0.717, 1.165) is 10.9 Å². The molecule has 2 N–H and O–H groups in total. The van der Waals surface area contributed by atoms with Crippen molar-refractivity contribution in [1.82, 2.24) is 4.98 Å². The maximum Gasteiger partial charge on any atom is 0.470 e. The molecule has 0 saturated heterocycles. The van der Waals surface area contributed by atoms with Crippen LogP contribution in [0.5, 0.6) is 0 Å². The Labute approximate surface area is 109 Å². The van der Waals surface area contributed by atoms with Gasteiger partial charge in [-0.3, -0.25) is 14.3 Å². The fraction of sp³-hybridized carbons (Fsp3) is 0.167. The molecule has 0 atom stereocenters. The van der Waals surface area contributed by atoms with E-state index in [9.17, 15) is 9.36 Å². The predicted octanol–water partition coefficient (Wildman–Crippen LogP) is 1.46. The number of pyridine rings is 1. The van der Waals surface area contributed by atoms with Gasteiger partial charge in [0.05, 0.1) is 5.52 Å². The van der Waals surface area contributed by atoms with Gasteiger partial charge in [-0.05, 0) is 17.7 Å². The molecule has 0 aliphatic carbocycles. The maximum atomic E-state index is 11.5. The summed E-state index contributed by atoms with van der Waals surface area (Å²) in [6, 6.07) is 9.29. The number of hydrogen-bond acceptors (Lipinski definition) is 4. The molecule has 0 bridgehead atoms. The normalized spacial score (nSPS) is 11.7. The highest BCUT2D eigenvalue weighted by Crippen LogP contribution is 2.35. The Bertz CT molecular complexity index is 651. The number of carbonyl (C=O) groups excluding carboxylic acids is 1. The van der Waals surface area contributed by atoms with Gasteiger partial charge in [0, 0.05) is 18.0 Å². The fourth-order valence-corrected chi connectivity index (χ4v) is 1.96. The predicted molar refractivity (Wildman–Crippen MR) is 68.5 cm³/mol. The molecule has 0 radical (unpaired) electrons. The second-order valence-corrected chi connectivity index (χ2v) is 5.26. The summed E-state index contributed by atoms with van der Waals surface area (Å²) < 4.78 is 14.6. The van der Waals surface area contributed by atoms with E-state index in [4.69, 9.17) is 9.79 Å². The monoisotopic (exact) mass is 281 g/mol. The van der Waals surface area contributed by atoms with Crippen LogP contribution in [-0.4, -0.2) is 27.2 Å². The average molecular weight is 281 g/mol. The van der Waals surface area contributed by atoms with Gasteiger partial charge in [-0.15, -0.1) is 0 Å². The van der Waals surface area contributed by atoms with Crippen LogP contribution >= 0.6 is 7.82 Å². The molecule has 0 saturated carbocycles. The number of hydrogen-bond donors (Lipinski definition) is 2. The van der Waals surface area contributed by atoms with Gasteiger partial charge in [-0.25, -0.2) is 4.57 Å². The van der Waals surface area contributed by atoms with E-state index in [-0.39, 0.29) is 6.42 Å². The molecule has 1 heterocycles. The van der Waals surface area contributed by atoms with Crippen molar-refractivity contribution in [3.05, 3.63) is 42.1 Å². The molecule has 0 aliphatic heterocycles. The summed E-state index contributed by atoms with van der Waals surface area (Å²) in [5.74, 6) is -0.416. The SMILES string of the molecule is O=C(COP(=O)(O)O)Cc1cnc2ccccc2c1. The molecule has 0 unspecified atom stereocenters. The highest BCUT2D eigenvalue weighted by molar-refractivity contribution is 7.46. The lowest BCUT2D eigenvalue weighted by Crippen LogP contribution is -2.10. The van der Waals surface area contributed by atoms with Crippen LogP contribution in [0.25, 0.3) is 10.9 Å². The van der Waals surface area contributed by atoms with E-state index >= 15 is 0 Å². The van der Waals surface area contributed by atoms with Crippen molar-refractivity contribution in [2.24, 2.45) is 0 Å². The Kier molecular flexibility index (Phi) is 4.07. The zero-order valence-corrected chi connectivity index (χ0v) is 10.8. The number of benzene rings is 1. The summed E-state index contributed by atoms with van der Waals surface area (Å²) >= 11 is 0. The lowest BCUT2D eigenvalue weighted by molar-refractivity contribution is -0.120. The molecule has 7 heteroatoms. The first-order chi connectivity index (χ1) is 8.94. The lowest BCUT2D eigenvalue weighted by atomic mass is 10.1. The molecule has 19 heavy (non-hydrogen) atoms. The smallest absolute Gasteiger partial charge is 0.303 e. The van der Waals surface area contributed by atoms with Crippen LogP contribution in [0.15, 0.2) is 36.5 Å². The van der Waals surface area contributed by atoms with Crippen molar-refractivity contribution in [2.45, 2.75) is 6.42 Å². The van der Waals surface area contributed by atoms with Crippen LogP contribution in [0, 0.1) is 0 Å². The number of Topliss-reactive ketones (excluding diaryl/α,β-unsaturated/α-hetero) is 1. The van der Waals surface area contributed by atoms with Crippen LogP contribution in [0.3, 0.4) is 0 Å². The second-order valence-electron chi connectivity index (χ2n) is 4.02. The Balaban J connectivity index is 2.05. The zero-order chi connectivity index (χ0) is 13.9. The van der Waals surface area contributed by atoms with Crippen molar-refractivity contribution >= 4 is 24.5 Å². The van der Waals surface area contributed by atoms with E-state index in [2.05, 4.69) is 9.51 Å². The molecule has 6 nitrogen and oxygen atoms in total. The second kappa shape index (κ2) is 5.59. The Morgan fingerprint density at radius 2 is 2.05 bits per heavy atom. The molecule has 1 aromatic heterocycles. The van der Waals surface area contributed by atoms with Gasteiger partial charge in [-0.1, -0.05) is 18.2 Å². The summed E-state index contributed by atoms with van der Waals surface area (Å²) in [6.45, 7) is -0.614. The van der Waals surface area contributed by atoms with Gasteiger partial charge in [0.2, 0.25) is 0 Å². The maximum absolute atomic E-state index is 11.5. The third kappa shape index (κ3) is 4.22. The average Bonchev–Trinajstić information content (AvgIpc) is 2.35. The number of nitrogens with zero attached hydrogens (tertiary/aromatic N) is 1. The Hall–Kier alpha value is -1.59. The molecule has 0 fully saturated rings. The minimum absolute atomic E-state index is 0.0256. The zero-order valence-electron chi connectivity index (χ0n) is 9.89. The highest BCUT2D eigenvalue weighted by atomic mass is 31.2. The minimum Gasteiger partial charge on any atom is -0.303 e. The molecular weight excluding hydrogens is 269 g/mol. The van der Waals surface area contributed by atoms with Crippen LogP contribution in [0.4, 0.5) is 0 Å². The van der Waals surface area contributed by atoms with Crippen molar-refractivity contribution in [1.29, 1.82) is 0 Å². The first-order valence-corrected chi connectivity index (χ1v) is 7.02. The van der Waals surface area contributed by atoms with Gasteiger partial charge in [0.15, 0.2) is 5.78 Å². The molecule has 2 aromatic rings. The Morgan fingerprint density at radius 1 is 1.32 bits per heavy atom. The van der Waals surface area contributed by atoms with E-state index in [0.29, 0.717) is 5.56 Å². The van der Waals surface area contributed by atoms with Crippen molar-refractivity contribution in [2.75, 3.05) is 6.61 Å². The molecule has 1 aromatic carbocycles. The number of phosphoric ester groups is 1. The van der Waals surface area contributed by atoms with Crippen LogP contribution in [-0.2, 0) is 20.3 Å². The summed E-state index contributed by atoms with van der Waals surface area (Å²) in [6.07, 6.45) is 1.59. The summed E-state index contributed by atoms with van der Waals surface area (Å²) in [5, 5.41) is 0.906. The number of phosphoric acid groups is 1. The summed E-state index contributed by atoms with van der Waals surface area (Å²) in [5.41, 5.74) is 1.50. The van der Waals surface area contributed by atoms with Crippen LogP contribution in [0.1, 0.15) is 5.56 Å². The van der Waals surface area contributed by atoms with Crippen molar-refractivity contribution < 1.29 is 23.7 Å². The fourth-order valence-electron chi connectivity index (χ4n) is 1.65. The number of fused-ring (bicyclic) bond motifs is 1. The molecule has 0 spiro atoms. The van der Waals surface area contributed by atoms with Crippen molar-refractivity contribution in [3.63, 3.8) is 0 Å². The molecule has 2 rings (SSSR count). The first kappa shape index (κ1) is 13.8. The topological polar surface area (TPSA) is 96.7 Å². The number of aromatic nitrogens is 1. The van der Waals surface area contributed by atoms with E-state index < -0.39 is 20.2 Å². The molecule has 0 amide bonds. The quantitative estimate of drug-likeness (QED) is 0.805.